The number of amides is 1. The zero-order chi connectivity index (χ0) is 21.9. The number of ether oxygens (including phenoxy) is 2. The molecule has 5 rings (SSSR count). The van der Waals surface area contributed by atoms with Crippen molar-refractivity contribution in [3.8, 4) is 0 Å². The van der Waals surface area contributed by atoms with Crippen LogP contribution in [0.3, 0.4) is 0 Å². The third-order valence-corrected chi connectivity index (χ3v) is 7.21. The van der Waals surface area contributed by atoms with Gasteiger partial charge in [0.1, 0.15) is 5.69 Å². The molecular formula is C22H29N5O4S. The maximum absolute atomic E-state index is 12.9. The van der Waals surface area contributed by atoms with Gasteiger partial charge in [-0.05, 0) is 12.1 Å². The van der Waals surface area contributed by atoms with Crippen LogP contribution in [0.15, 0.2) is 29.6 Å². The Labute approximate surface area is 191 Å². The monoisotopic (exact) mass is 459 g/mol. The molecule has 2 unspecified atom stereocenters. The molecule has 172 valence electrons. The van der Waals surface area contributed by atoms with Crippen molar-refractivity contribution in [2.45, 2.75) is 12.1 Å². The van der Waals surface area contributed by atoms with Crippen LogP contribution in [0, 0.1) is 0 Å². The highest BCUT2D eigenvalue weighted by Gasteiger charge is 2.33. The molecule has 4 heterocycles. The molecule has 0 spiro atoms. The van der Waals surface area contributed by atoms with Crippen molar-refractivity contribution >= 4 is 33.8 Å². The van der Waals surface area contributed by atoms with Crippen molar-refractivity contribution in [2.75, 3.05) is 80.8 Å². The van der Waals surface area contributed by atoms with Crippen LogP contribution in [0.1, 0.15) is 10.5 Å². The maximum atomic E-state index is 12.9. The van der Waals surface area contributed by atoms with Crippen molar-refractivity contribution in [1.29, 1.82) is 0 Å². The molecular weight excluding hydrogens is 430 g/mol. The molecule has 1 amide bonds. The number of hydrogen-bond donors (Lipinski definition) is 2. The minimum absolute atomic E-state index is 0.0809. The highest BCUT2D eigenvalue weighted by atomic mass is 32.1. The van der Waals surface area contributed by atoms with Crippen LogP contribution in [-0.2, 0) is 9.47 Å². The van der Waals surface area contributed by atoms with E-state index in [0.29, 0.717) is 32.1 Å². The first-order chi connectivity index (χ1) is 15.7. The summed E-state index contributed by atoms with van der Waals surface area (Å²) in [5.74, 6) is -0.196. The summed E-state index contributed by atoms with van der Waals surface area (Å²) >= 11 is 1.49. The van der Waals surface area contributed by atoms with Gasteiger partial charge in [-0.2, -0.15) is 0 Å². The Morgan fingerprint density at radius 1 is 1.03 bits per heavy atom. The number of aliphatic hydroxyl groups excluding tert-OH is 1. The fourth-order valence-electron chi connectivity index (χ4n) is 4.48. The Morgan fingerprint density at radius 3 is 2.56 bits per heavy atom. The van der Waals surface area contributed by atoms with Gasteiger partial charge in [0.2, 0.25) is 0 Å². The van der Waals surface area contributed by atoms with E-state index in [-0.39, 0.29) is 11.9 Å². The molecule has 1 aromatic carbocycles. The van der Waals surface area contributed by atoms with Gasteiger partial charge in [-0.15, -0.1) is 11.3 Å². The molecule has 3 aliphatic rings. The van der Waals surface area contributed by atoms with Gasteiger partial charge in [0.05, 0.1) is 49.9 Å². The van der Waals surface area contributed by atoms with Crippen molar-refractivity contribution < 1.29 is 19.4 Å². The maximum Gasteiger partial charge on any atom is 0.275 e. The third-order valence-electron chi connectivity index (χ3n) is 6.30. The Morgan fingerprint density at radius 2 is 1.81 bits per heavy atom. The number of carbonyl (C=O) groups is 1. The lowest BCUT2D eigenvalue weighted by atomic mass is 10.1. The quantitative estimate of drug-likeness (QED) is 0.688. The molecule has 0 saturated carbocycles. The molecule has 0 aliphatic carbocycles. The minimum Gasteiger partial charge on any atom is -0.389 e. The summed E-state index contributed by atoms with van der Waals surface area (Å²) in [4.78, 5) is 24.2. The second-order valence-electron chi connectivity index (χ2n) is 8.28. The van der Waals surface area contributed by atoms with Crippen LogP contribution in [0.5, 0.6) is 0 Å². The number of benzene rings is 1. The predicted octanol–water partition coefficient (Wildman–Crippen LogP) is 1.11. The van der Waals surface area contributed by atoms with Gasteiger partial charge in [-0.3, -0.25) is 9.69 Å². The van der Waals surface area contributed by atoms with Crippen LogP contribution < -0.4 is 15.1 Å². The lowest BCUT2D eigenvalue weighted by molar-refractivity contribution is 0.0785. The fraction of sp³-hybridized carbons (Fsp3) is 0.545. The molecule has 2 atom stereocenters. The van der Waals surface area contributed by atoms with Crippen LogP contribution in [0.2, 0.25) is 0 Å². The van der Waals surface area contributed by atoms with Crippen molar-refractivity contribution in [3.63, 3.8) is 0 Å². The largest absolute Gasteiger partial charge is 0.389 e. The molecule has 1 aromatic heterocycles. The number of nitrogens with one attached hydrogen (secondary N) is 1. The molecule has 0 radical (unpaired) electrons. The normalized spacial score (nSPS) is 24.7. The number of carbonyl (C=O) groups excluding carboxylic acids is 1. The number of rotatable bonds is 5. The standard InChI is InChI=1S/C22H29N5O4S/c28-20-14-31-13-19(20)26-7-5-25(6-8-26)18-4-2-1-3-16(18)23-21(29)17-15-32-22(24-17)27-9-11-30-12-10-27/h1-4,15,19-20,28H,5-14H2,(H,23,29). The van der Waals surface area contributed by atoms with Crippen molar-refractivity contribution in [1.82, 2.24) is 9.88 Å². The number of thiazole rings is 1. The second-order valence-corrected chi connectivity index (χ2v) is 9.12. The molecule has 3 aliphatic heterocycles. The minimum atomic E-state index is -0.409. The number of hydrogen-bond acceptors (Lipinski definition) is 9. The summed E-state index contributed by atoms with van der Waals surface area (Å²) in [6.45, 7) is 7.34. The molecule has 3 saturated heterocycles. The molecule has 32 heavy (non-hydrogen) atoms. The molecule has 0 bridgehead atoms. The highest BCUT2D eigenvalue weighted by Crippen LogP contribution is 2.29. The number of anilines is 3. The van der Waals surface area contributed by atoms with E-state index in [0.717, 1.165) is 55.8 Å². The second kappa shape index (κ2) is 9.72. The number of nitrogens with zero attached hydrogens (tertiary/aromatic N) is 4. The van der Waals surface area contributed by atoms with Crippen LogP contribution >= 0.6 is 11.3 Å². The Hall–Kier alpha value is -2.24. The van der Waals surface area contributed by atoms with Gasteiger partial charge < -0.3 is 29.7 Å². The van der Waals surface area contributed by atoms with E-state index in [9.17, 15) is 9.90 Å². The van der Waals surface area contributed by atoms with Gasteiger partial charge in [-0.1, -0.05) is 12.1 Å². The average molecular weight is 460 g/mol. The van der Waals surface area contributed by atoms with Gasteiger partial charge in [-0.25, -0.2) is 4.98 Å². The first-order valence-corrected chi connectivity index (χ1v) is 12.0. The number of aliphatic hydroxyl groups is 1. The van der Waals surface area contributed by atoms with Gasteiger partial charge >= 0.3 is 0 Å². The summed E-state index contributed by atoms with van der Waals surface area (Å²) in [6, 6.07) is 7.98. The van der Waals surface area contributed by atoms with Gasteiger partial charge in [0.15, 0.2) is 5.13 Å². The SMILES string of the molecule is O=C(Nc1ccccc1N1CCN(C2COCC2O)CC1)c1csc(N2CCOCC2)n1. The van der Waals surface area contributed by atoms with Crippen LogP contribution in [0.25, 0.3) is 0 Å². The summed E-state index contributed by atoms with van der Waals surface area (Å²) in [6.07, 6.45) is -0.409. The molecule has 3 fully saturated rings. The van der Waals surface area contributed by atoms with E-state index in [1.165, 1.54) is 11.3 Å². The lowest BCUT2D eigenvalue weighted by Gasteiger charge is -2.40. The molecule has 10 heteroatoms. The van der Waals surface area contributed by atoms with E-state index in [1.54, 1.807) is 0 Å². The number of morpholine rings is 1. The molecule has 2 N–H and O–H groups in total. The smallest absolute Gasteiger partial charge is 0.275 e. The van der Waals surface area contributed by atoms with E-state index in [4.69, 9.17) is 9.47 Å². The van der Waals surface area contributed by atoms with E-state index < -0.39 is 6.10 Å². The van der Waals surface area contributed by atoms with Gasteiger partial charge in [0, 0.05) is 44.6 Å². The summed E-state index contributed by atoms with van der Waals surface area (Å²) in [5, 5.41) is 15.9. The first-order valence-electron chi connectivity index (χ1n) is 11.1. The number of aromatic nitrogens is 1. The van der Waals surface area contributed by atoms with Crippen LogP contribution in [-0.4, -0.2) is 98.7 Å². The fourth-order valence-corrected chi connectivity index (χ4v) is 5.34. The molecule has 9 nitrogen and oxygen atoms in total. The topological polar surface area (TPSA) is 90.4 Å². The van der Waals surface area contributed by atoms with E-state index >= 15 is 0 Å². The van der Waals surface area contributed by atoms with Gasteiger partial charge in [0.25, 0.3) is 5.91 Å². The zero-order valence-electron chi connectivity index (χ0n) is 18.0. The van der Waals surface area contributed by atoms with E-state index in [1.807, 2.05) is 29.6 Å². The third kappa shape index (κ3) is 4.60. The Bertz CT molecular complexity index is 927. The Kier molecular flexibility index (Phi) is 6.56. The first kappa shape index (κ1) is 21.6. The van der Waals surface area contributed by atoms with E-state index in [2.05, 4.69) is 25.0 Å². The summed E-state index contributed by atoms with van der Waals surface area (Å²) in [5.41, 5.74) is 2.23. The highest BCUT2D eigenvalue weighted by molar-refractivity contribution is 7.14. The van der Waals surface area contributed by atoms with Crippen molar-refractivity contribution in [3.05, 3.63) is 35.3 Å². The molecule has 2 aromatic rings. The average Bonchev–Trinajstić information content (AvgIpc) is 3.50. The Balaban J connectivity index is 1.23. The van der Waals surface area contributed by atoms with Crippen LogP contribution in [0.4, 0.5) is 16.5 Å². The van der Waals surface area contributed by atoms with Crippen molar-refractivity contribution in [2.24, 2.45) is 0 Å². The zero-order valence-corrected chi connectivity index (χ0v) is 18.8. The summed E-state index contributed by atoms with van der Waals surface area (Å²) < 4.78 is 10.8. The number of para-hydroxylation sites is 2. The lowest BCUT2D eigenvalue weighted by Crippen LogP contribution is -2.53. The number of piperazine rings is 1. The summed E-state index contributed by atoms with van der Waals surface area (Å²) in [7, 11) is 0. The predicted molar refractivity (Wildman–Crippen MR) is 124 cm³/mol.